The van der Waals surface area contributed by atoms with Gasteiger partial charge in [0.15, 0.2) is 6.54 Å². The summed E-state index contributed by atoms with van der Waals surface area (Å²) in [5, 5.41) is 2.88. The van der Waals surface area contributed by atoms with Crippen LogP contribution in [0.4, 0.5) is 5.69 Å². The number of hydrogen-bond donors (Lipinski definition) is 2. The summed E-state index contributed by atoms with van der Waals surface area (Å²) < 4.78 is 32.9. The van der Waals surface area contributed by atoms with Gasteiger partial charge in [0.25, 0.3) is 5.91 Å². The smallest absolute Gasteiger partial charge is 0.279 e. The van der Waals surface area contributed by atoms with Crippen LogP contribution in [0.1, 0.15) is 47.0 Å². The fourth-order valence-corrected chi connectivity index (χ4v) is 4.97. The summed E-state index contributed by atoms with van der Waals surface area (Å²) in [7, 11) is -3.61. The molecule has 1 aromatic carbocycles. The second-order valence-corrected chi connectivity index (χ2v) is 9.39. The fourth-order valence-electron chi connectivity index (χ4n) is 3.49. The number of carbonyl (C=O) groups excluding carboxylic acids is 1. The number of rotatable bonds is 9. The van der Waals surface area contributed by atoms with Crippen molar-refractivity contribution in [3.63, 3.8) is 0 Å². The summed E-state index contributed by atoms with van der Waals surface area (Å²) >= 11 is 0. The highest BCUT2D eigenvalue weighted by atomic mass is 32.2. The number of benzene rings is 1. The van der Waals surface area contributed by atoms with Crippen molar-refractivity contribution in [3.05, 3.63) is 18.2 Å². The number of piperidine rings is 1. The Hall–Kier alpha value is -1.64. The minimum absolute atomic E-state index is 0.0892. The molecule has 0 unspecified atom stereocenters. The van der Waals surface area contributed by atoms with Crippen molar-refractivity contribution in [2.45, 2.75) is 58.0 Å². The van der Waals surface area contributed by atoms with Crippen molar-refractivity contribution < 1.29 is 22.8 Å². The quantitative estimate of drug-likeness (QED) is 0.644. The minimum Gasteiger partial charge on any atom is -0.489 e. The fraction of sp³-hybridized carbons (Fsp3) is 0.650. The van der Waals surface area contributed by atoms with Crippen LogP contribution in [0.2, 0.25) is 0 Å². The summed E-state index contributed by atoms with van der Waals surface area (Å²) in [4.78, 5) is 14.0. The predicted octanol–water partition coefficient (Wildman–Crippen LogP) is 1.51. The molecular formula is C20H34N3O4S+. The monoisotopic (exact) mass is 412 g/mol. The Morgan fingerprint density at radius 3 is 2.39 bits per heavy atom. The molecule has 2 N–H and O–H groups in total. The number of nitrogens with zero attached hydrogens (tertiary/aromatic N) is 1. The highest BCUT2D eigenvalue weighted by Crippen LogP contribution is 2.30. The molecule has 158 valence electrons. The Kier molecular flexibility index (Phi) is 8.27. The number of sulfonamides is 1. The Labute approximate surface area is 169 Å². The molecule has 1 aromatic rings. The largest absolute Gasteiger partial charge is 0.489 e. The molecule has 0 aromatic heterocycles. The van der Waals surface area contributed by atoms with Crippen LogP contribution >= 0.6 is 0 Å². The third-order valence-electron chi connectivity index (χ3n) is 4.90. The van der Waals surface area contributed by atoms with Gasteiger partial charge in [-0.1, -0.05) is 13.8 Å². The molecule has 1 amide bonds. The Bertz CT molecular complexity index is 755. The van der Waals surface area contributed by atoms with Crippen molar-refractivity contribution in [1.29, 1.82) is 0 Å². The van der Waals surface area contributed by atoms with Gasteiger partial charge in [-0.2, -0.15) is 4.31 Å². The molecule has 0 radical (unpaired) electrons. The normalized spacial score (nSPS) is 15.8. The first-order valence-electron chi connectivity index (χ1n) is 10.2. The molecular weight excluding hydrogens is 378 g/mol. The van der Waals surface area contributed by atoms with Crippen molar-refractivity contribution in [2.24, 2.45) is 0 Å². The molecule has 0 saturated carbocycles. The van der Waals surface area contributed by atoms with E-state index in [1.165, 1.54) is 27.8 Å². The van der Waals surface area contributed by atoms with Gasteiger partial charge >= 0.3 is 0 Å². The van der Waals surface area contributed by atoms with E-state index in [-0.39, 0.29) is 16.9 Å². The first kappa shape index (κ1) is 22.6. The average molecular weight is 413 g/mol. The molecule has 0 atom stereocenters. The number of anilines is 1. The molecule has 1 fully saturated rings. The minimum atomic E-state index is -3.61. The zero-order chi connectivity index (χ0) is 20.7. The molecule has 1 saturated heterocycles. The molecule has 28 heavy (non-hydrogen) atoms. The molecule has 7 nitrogen and oxygen atoms in total. The zero-order valence-corrected chi connectivity index (χ0v) is 18.3. The van der Waals surface area contributed by atoms with E-state index >= 15 is 0 Å². The number of quaternary nitrogens is 1. The third-order valence-corrected chi connectivity index (χ3v) is 6.95. The molecule has 2 rings (SSSR count). The second-order valence-electron chi connectivity index (χ2n) is 7.45. The van der Waals surface area contributed by atoms with E-state index in [2.05, 4.69) is 5.32 Å². The van der Waals surface area contributed by atoms with Crippen molar-refractivity contribution in [3.8, 4) is 5.75 Å². The number of nitrogens with one attached hydrogen (secondary N) is 2. The Morgan fingerprint density at radius 1 is 1.18 bits per heavy atom. The van der Waals surface area contributed by atoms with Gasteiger partial charge in [0.1, 0.15) is 5.75 Å². The predicted molar refractivity (Wildman–Crippen MR) is 110 cm³/mol. The highest BCUT2D eigenvalue weighted by Gasteiger charge is 2.24. The maximum Gasteiger partial charge on any atom is 0.279 e. The number of amides is 1. The molecule has 1 aliphatic heterocycles. The first-order chi connectivity index (χ1) is 13.3. The summed E-state index contributed by atoms with van der Waals surface area (Å²) in [6.45, 7) is 10.6. The van der Waals surface area contributed by atoms with Gasteiger partial charge in [0, 0.05) is 13.1 Å². The van der Waals surface area contributed by atoms with Crippen LogP contribution in [0.15, 0.2) is 23.1 Å². The van der Waals surface area contributed by atoms with Crippen molar-refractivity contribution >= 4 is 21.6 Å². The molecule has 8 heteroatoms. The zero-order valence-electron chi connectivity index (χ0n) is 17.5. The molecule has 0 spiro atoms. The maximum atomic E-state index is 12.9. The second kappa shape index (κ2) is 10.2. The highest BCUT2D eigenvalue weighted by molar-refractivity contribution is 7.89. The van der Waals surface area contributed by atoms with Crippen LogP contribution in [0.5, 0.6) is 5.75 Å². The van der Waals surface area contributed by atoms with Gasteiger partial charge < -0.3 is 15.0 Å². The van der Waals surface area contributed by atoms with Crippen LogP contribution in [0.3, 0.4) is 0 Å². The van der Waals surface area contributed by atoms with Crippen LogP contribution in [0, 0.1) is 0 Å². The summed E-state index contributed by atoms with van der Waals surface area (Å²) in [6, 6.07) is 4.67. The summed E-state index contributed by atoms with van der Waals surface area (Å²) in [5.74, 6) is 0.360. The van der Waals surface area contributed by atoms with Crippen LogP contribution < -0.4 is 15.0 Å². The van der Waals surface area contributed by atoms with E-state index in [0.29, 0.717) is 31.1 Å². The lowest BCUT2D eigenvalue weighted by Gasteiger charge is -2.23. The first-order valence-corrected chi connectivity index (χ1v) is 11.7. The van der Waals surface area contributed by atoms with E-state index in [9.17, 15) is 13.2 Å². The van der Waals surface area contributed by atoms with Crippen molar-refractivity contribution in [1.82, 2.24) is 4.31 Å². The van der Waals surface area contributed by atoms with Gasteiger partial charge in [-0.3, -0.25) is 4.79 Å². The van der Waals surface area contributed by atoms with Gasteiger partial charge in [-0.25, -0.2) is 8.42 Å². The molecule has 1 aliphatic rings. The summed E-state index contributed by atoms with van der Waals surface area (Å²) in [5.41, 5.74) is 0.406. The van der Waals surface area contributed by atoms with Crippen LogP contribution in [-0.2, 0) is 14.8 Å². The molecule has 1 heterocycles. The number of likely N-dealkylation sites (tertiary alicyclic amines) is 1. The van der Waals surface area contributed by atoms with Gasteiger partial charge in [-0.15, -0.1) is 0 Å². The third kappa shape index (κ3) is 5.93. The standard InChI is InChI=1S/C20H33N3O4S/c1-5-23(6-2)28(25,26)17-10-11-19(27-16(3)4)18(14-17)21-20(24)15-22-12-8-7-9-13-22/h10-11,14,16H,5-9,12-13,15H2,1-4H3,(H,21,24)/p+1. The maximum absolute atomic E-state index is 12.9. The van der Waals surface area contributed by atoms with Crippen LogP contribution in [0.25, 0.3) is 0 Å². The topological polar surface area (TPSA) is 80.2 Å². The number of ether oxygens (including phenoxy) is 1. The van der Waals surface area contributed by atoms with E-state index in [4.69, 9.17) is 4.74 Å². The van der Waals surface area contributed by atoms with Gasteiger partial charge in [0.05, 0.1) is 29.8 Å². The lowest BCUT2D eigenvalue weighted by atomic mass is 10.1. The Morgan fingerprint density at radius 2 is 1.82 bits per heavy atom. The lowest BCUT2D eigenvalue weighted by molar-refractivity contribution is -0.896. The molecule has 0 bridgehead atoms. The summed E-state index contributed by atoms with van der Waals surface area (Å²) in [6.07, 6.45) is 3.42. The van der Waals surface area contributed by atoms with Crippen molar-refractivity contribution in [2.75, 3.05) is 38.0 Å². The molecule has 0 aliphatic carbocycles. The SMILES string of the molecule is CCN(CC)S(=O)(=O)c1ccc(OC(C)C)c(NC(=O)C[NH+]2CCCCC2)c1. The van der Waals surface area contributed by atoms with E-state index in [1.54, 1.807) is 19.9 Å². The lowest BCUT2D eigenvalue weighted by Crippen LogP contribution is -3.13. The number of carbonyl (C=O) groups is 1. The number of hydrogen-bond acceptors (Lipinski definition) is 4. The average Bonchev–Trinajstić information content (AvgIpc) is 2.64. The van der Waals surface area contributed by atoms with E-state index < -0.39 is 10.0 Å². The van der Waals surface area contributed by atoms with Crippen LogP contribution in [-0.4, -0.2) is 57.5 Å². The Balaban J connectivity index is 2.26. The van der Waals surface area contributed by atoms with E-state index in [1.807, 2.05) is 13.8 Å². The van der Waals surface area contributed by atoms with Gasteiger partial charge in [-0.05, 0) is 51.3 Å². The van der Waals surface area contributed by atoms with E-state index in [0.717, 1.165) is 25.9 Å². The van der Waals surface area contributed by atoms with Gasteiger partial charge in [0.2, 0.25) is 10.0 Å².